The third-order valence-corrected chi connectivity index (χ3v) is 5.53. The van der Waals surface area contributed by atoms with Gasteiger partial charge in [0, 0.05) is 12.5 Å². The van der Waals surface area contributed by atoms with Gasteiger partial charge >= 0.3 is 0 Å². The first-order valence-electron chi connectivity index (χ1n) is 10.8. The van der Waals surface area contributed by atoms with Crippen LogP contribution in [-0.4, -0.2) is 26.6 Å². The number of carbonyl (C=O) groups excluding carboxylic acids is 1. The van der Waals surface area contributed by atoms with Crippen molar-refractivity contribution in [1.29, 1.82) is 0 Å². The predicted molar refractivity (Wildman–Crippen MR) is 118 cm³/mol. The van der Waals surface area contributed by atoms with Crippen molar-refractivity contribution < 1.29 is 9.53 Å². The molecule has 0 atom stereocenters. The molecule has 1 heterocycles. The van der Waals surface area contributed by atoms with Gasteiger partial charge in [0.2, 0.25) is 11.8 Å². The summed E-state index contributed by atoms with van der Waals surface area (Å²) in [5, 5.41) is 4.88. The molecule has 156 valence electrons. The fraction of sp³-hybridized carbons (Fsp3) is 0.360. The standard InChI is InChI=1S/C25H29N3O2/c1-4-23-22(17-27(19-13-14-19)24(29)5-2)25(30-21-15-11-18(3)12-16-21)28(26-23)20-9-7-6-8-10-20/h6-12,15-16,19H,4-5,13-14,17H2,1-3H3. The van der Waals surface area contributed by atoms with E-state index in [1.807, 2.05) is 71.1 Å². The van der Waals surface area contributed by atoms with Gasteiger partial charge in [-0.1, -0.05) is 49.7 Å². The lowest BCUT2D eigenvalue weighted by molar-refractivity contribution is -0.132. The van der Waals surface area contributed by atoms with Crippen LogP contribution in [0.3, 0.4) is 0 Å². The number of amides is 1. The second kappa shape index (κ2) is 8.74. The van der Waals surface area contributed by atoms with Gasteiger partial charge < -0.3 is 9.64 Å². The Morgan fingerprint density at radius 2 is 1.80 bits per heavy atom. The van der Waals surface area contributed by atoms with E-state index in [1.165, 1.54) is 5.56 Å². The summed E-state index contributed by atoms with van der Waals surface area (Å²) in [6.07, 6.45) is 3.44. The van der Waals surface area contributed by atoms with Crippen LogP contribution >= 0.6 is 0 Å². The maximum atomic E-state index is 12.6. The van der Waals surface area contributed by atoms with Gasteiger partial charge in [0.15, 0.2) is 0 Å². The normalized spacial score (nSPS) is 13.3. The third kappa shape index (κ3) is 4.25. The van der Waals surface area contributed by atoms with Gasteiger partial charge in [-0.2, -0.15) is 5.10 Å². The monoisotopic (exact) mass is 403 g/mol. The second-order valence-electron chi connectivity index (χ2n) is 7.85. The largest absolute Gasteiger partial charge is 0.439 e. The first kappa shape index (κ1) is 20.2. The summed E-state index contributed by atoms with van der Waals surface area (Å²) in [4.78, 5) is 14.6. The summed E-state index contributed by atoms with van der Waals surface area (Å²) >= 11 is 0. The van der Waals surface area contributed by atoms with E-state index in [4.69, 9.17) is 9.84 Å². The SMILES string of the molecule is CCC(=O)N(Cc1c(CC)nn(-c2ccccc2)c1Oc1ccc(C)cc1)C1CC1. The van der Waals surface area contributed by atoms with E-state index < -0.39 is 0 Å². The minimum atomic E-state index is 0.188. The molecule has 1 amide bonds. The van der Waals surface area contributed by atoms with Crippen LogP contribution in [0, 0.1) is 6.92 Å². The molecule has 0 unspecified atom stereocenters. The van der Waals surface area contributed by atoms with Gasteiger partial charge in [-0.3, -0.25) is 4.79 Å². The molecule has 5 heteroatoms. The van der Waals surface area contributed by atoms with E-state index in [1.54, 1.807) is 0 Å². The quantitative estimate of drug-likeness (QED) is 0.503. The van der Waals surface area contributed by atoms with E-state index in [0.29, 0.717) is 24.9 Å². The van der Waals surface area contributed by atoms with Crippen LogP contribution in [0.1, 0.15) is 49.9 Å². The molecule has 0 spiro atoms. The number of hydrogen-bond acceptors (Lipinski definition) is 3. The Bertz CT molecular complexity index is 1000. The molecule has 1 fully saturated rings. The molecule has 0 radical (unpaired) electrons. The van der Waals surface area contributed by atoms with Gasteiger partial charge in [-0.15, -0.1) is 0 Å². The molecule has 0 bridgehead atoms. The first-order valence-corrected chi connectivity index (χ1v) is 10.8. The van der Waals surface area contributed by atoms with E-state index in [0.717, 1.165) is 42.0 Å². The lowest BCUT2D eigenvalue weighted by atomic mass is 10.1. The topological polar surface area (TPSA) is 47.4 Å². The molecule has 1 aliphatic rings. The third-order valence-electron chi connectivity index (χ3n) is 5.53. The first-order chi connectivity index (χ1) is 14.6. The molecule has 0 aliphatic heterocycles. The Morgan fingerprint density at radius 1 is 1.10 bits per heavy atom. The molecule has 0 saturated heterocycles. The number of nitrogens with zero attached hydrogens (tertiary/aromatic N) is 3. The number of aromatic nitrogens is 2. The summed E-state index contributed by atoms with van der Waals surface area (Å²) in [6, 6.07) is 18.4. The van der Waals surface area contributed by atoms with Crippen LogP contribution in [-0.2, 0) is 17.8 Å². The highest BCUT2D eigenvalue weighted by Gasteiger charge is 2.34. The summed E-state index contributed by atoms with van der Waals surface area (Å²) in [5.41, 5.74) is 4.09. The fourth-order valence-corrected chi connectivity index (χ4v) is 3.67. The number of hydrogen-bond donors (Lipinski definition) is 0. The second-order valence-corrected chi connectivity index (χ2v) is 7.85. The molecule has 4 rings (SSSR count). The van der Waals surface area contributed by atoms with E-state index in [-0.39, 0.29) is 5.91 Å². The summed E-state index contributed by atoms with van der Waals surface area (Å²) in [7, 11) is 0. The highest BCUT2D eigenvalue weighted by atomic mass is 16.5. The van der Waals surface area contributed by atoms with Gasteiger partial charge in [0.1, 0.15) is 5.75 Å². The smallest absolute Gasteiger partial charge is 0.227 e. The van der Waals surface area contributed by atoms with E-state index in [2.05, 4.69) is 13.8 Å². The van der Waals surface area contributed by atoms with Crippen molar-refractivity contribution in [1.82, 2.24) is 14.7 Å². The predicted octanol–water partition coefficient (Wildman–Crippen LogP) is 5.44. The van der Waals surface area contributed by atoms with E-state index in [9.17, 15) is 4.79 Å². The summed E-state index contributed by atoms with van der Waals surface area (Å²) < 4.78 is 8.28. The fourth-order valence-electron chi connectivity index (χ4n) is 3.67. The van der Waals surface area contributed by atoms with Gasteiger partial charge in [0.25, 0.3) is 0 Å². The van der Waals surface area contributed by atoms with Crippen LogP contribution in [0.4, 0.5) is 0 Å². The maximum absolute atomic E-state index is 12.6. The van der Waals surface area contributed by atoms with Crippen LogP contribution in [0.15, 0.2) is 54.6 Å². The number of ether oxygens (including phenoxy) is 1. The highest BCUT2D eigenvalue weighted by molar-refractivity contribution is 5.76. The lowest BCUT2D eigenvalue weighted by Crippen LogP contribution is -2.32. The molecular weight excluding hydrogens is 374 g/mol. The Labute approximate surface area is 178 Å². The zero-order valence-electron chi connectivity index (χ0n) is 18.0. The van der Waals surface area contributed by atoms with Crippen LogP contribution in [0.2, 0.25) is 0 Å². The molecule has 1 saturated carbocycles. The molecule has 1 aromatic heterocycles. The molecule has 30 heavy (non-hydrogen) atoms. The summed E-state index contributed by atoms with van der Waals surface area (Å²) in [6.45, 7) is 6.62. The van der Waals surface area contributed by atoms with Crippen molar-refractivity contribution in [2.24, 2.45) is 0 Å². The lowest BCUT2D eigenvalue weighted by Gasteiger charge is -2.22. The van der Waals surface area contributed by atoms with Crippen molar-refractivity contribution >= 4 is 5.91 Å². The van der Waals surface area contributed by atoms with Crippen molar-refractivity contribution in [2.75, 3.05) is 0 Å². The van der Waals surface area contributed by atoms with Crippen molar-refractivity contribution in [3.63, 3.8) is 0 Å². The number of para-hydroxylation sites is 1. The van der Waals surface area contributed by atoms with Crippen LogP contribution < -0.4 is 4.74 Å². The van der Waals surface area contributed by atoms with Crippen molar-refractivity contribution in [2.45, 2.75) is 59.0 Å². The minimum Gasteiger partial charge on any atom is -0.439 e. The zero-order valence-corrected chi connectivity index (χ0v) is 18.0. The minimum absolute atomic E-state index is 0.188. The van der Waals surface area contributed by atoms with Crippen LogP contribution in [0.25, 0.3) is 5.69 Å². The Balaban J connectivity index is 1.79. The maximum Gasteiger partial charge on any atom is 0.227 e. The number of rotatable bonds is 8. The molecule has 5 nitrogen and oxygen atoms in total. The highest BCUT2D eigenvalue weighted by Crippen LogP contribution is 2.35. The Kier molecular flexibility index (Phi) is 5.88. The van der Waals surface area contributed by atoms with Gasteiger partial charge in [0.05, 0.1) is 23.5 Å². The molecule has 0 N–H and O–H groups in total. The van der Waals surface area contributed by atoms with Crippen molar-refractivity contribution in [3.05, 3.63) is 71.4 Å². The Hall–Kier alpha value is -3.08. The zero-order chi connectivity index (χ0) is 21.1. The molecule has 2 aromatic carbocycles. The van der Waals surface area contributed by atoms with Crippen molar-refractivity contribution in [3.8, 4) is 17.3 Å². The number of aryl methyl sites for hydroxylation is 2. The average Bonchev–Trinajstić information content (AvgIpc) is 3.56. The van der Waals surface area contributed by atoms with Gasteiger partial charge in [-0.25, -0.2) is 4.68 Å². The number of benzene rings is 2. The Morgan fingerprint density at radius 3 is 2.40 bits per heavy atom. The molecule has 1 aliphatic carbocycles. The number of carbonyl (C=O) groups is 1. The average molecular weight is 404 g/mol. The molecule has 3 aromatic rings. The molecular formula is C25H29N3O2. The summed E-state index contributed by atoms with van der Waals surface area (Å²) in [5.74, 6) is 1.64. The van der Waals surface area contributed by atoms with E-state index >= 15 is 0 Å². The van der Waals surface area contributed by atoms with Crippen LogP contribution in [0.5, 0.6) is 11.6 Å². The van der Waals surface area contributed by atoms with Gasteiger partial charge in [-0.05, 0) is 50.5 Å².